The summed E-state index contributed by atoms with van der Waals surface area (Å²) in [5, 5.41) is 9.29. The molecule has 0 saturated heterocycles. The minimum absolute atomic E-state index is 0.0728. The molecule has 0 bridgehead atoms. The van der Waals surface area contributed by atoms with E-state index >= 15 is 0 Å². The second-order valence-corrected chi connectivity index (χ2v) is 4.79. The largest absolute Gasteiger partial charge is 0.481 e. The van der Waals surface area contributed by atoms with Crippen LogP contribution in [0.4, 0.5) is 4.39 Å². The van der Waals surface area contributed by atoms with Crippen LogP contribution in [0.3, 0.4) is 0 Å². The maximum Gasteiger partial charge on any atom is 0.303 e. The third-order valence-electron chi connectivity index (χ3n) is 2.48. The minimum atomic E-state index is -0.884. The van der Waals surface area contributed by atoms with Gasteiger partial charge in [0, 0.05) is 6.42 Å². The molecule has 0 fully saturated rings. The van der Waals surface area contributed by atoms with Crippen molar-refractivity contribution < 1.29 is 14.3 Å². The first-order valence-corrected chi connectivity index (χ1v) is 5.83. The molecule has 1 aromatic rings. The number of carbonyl (C=O) groups is 1. The number of rotatable bonds is 3. The molecule has 0 spiro atoms. The van der Waals surface area contributed by atoms with Gasteiger partial charge in [-0.05, 0) is 19.3 Å². The Morgan fingerprint density at radius 3 is 3.13 bits per heavy atom. The number of aliphatic carboxylic acids is 1. The Morgan fingerprint density at radius 2 is 2.47 bits per heavy atom. The van der Waals surface area contributed by atoms with Crippen LogP contribution in [0.1, 0.15) is 41.0 Å². The average Bonchev–Trinajstić information content (AvgIpc) is 2.59. The van der Waals surface area contributed by atoms with Gasteiger partial charge in [0.15, 0.2) is 0 Å². The Labute approximate surface area is 91.0 Å². The first-order valence-electron chi connectivity index (χ1n) is 5.01. The molecule has 0 aliphatic heterocycles. The molecule has 1 aliphatic carbocycles. The van der Waals surface area contributed by atoms with Crippen molar-refractivity contribution in [2.75, 3.05) is 0 Å². The lowest BCUT2D eigenvalue weighted by molar-refractivity contribution is -0.136. The molecule has 1 aliphatic rings. The number of aryl methyl sites for hydroxylation is 2. The Morgan fingerprint density at radius 1 is 1.67 bits per heavy atom. The van der Waals surface area contributed by atoms with Gasteiger partial charge in [-0.25, -0.2) is 9.37 Å². The van der Waals surface area contributed by atoms with Gasteiger partial charge >= 0.3 is 5.97 Å². The van der Waals surface area contributed by atoms with Crippen molar-refractivity contribution in [2.24, 2.45) is 0 Å². The Kier molecular flexibility index (Phi) is 3.00. The molecule has 1 heterocycles. The summed E-state index contributed by atoms with van der Waals surface area (Å²) >= 11 is 1.34. The van der Waals surface area contributed by atoms with Crippen LogP contribution < -0.4 is 0 Å². The highest BCUT2D eigenvalue weighted by Gasteiger charge is 2.23. The fourth-order valence-electron chi connectivity index (χ4n) is 1.74. The zero-order valence-electron chi connectivity index (χ0n) is 8.20. The lowest BCUT2D eigenvalue weighted by Crippen LogP contribution is -2.03. The Balaban J connectivity index is 2.11. The SMILES string of the molecule is O=C(O)CCc1nc2c(s1)C(F)CCC2. The van der Waals surface area contributed by atoms with E-state index in [-0.39, 0.29) is 6.42 Å². The highest BCUT2D eigenvalue weighted by Crippen LogP contribution is 2.36. The quantitative estimate of drug-likeness (QED) is 0.866. The molecule has 1 unspecified atom stereocenters. The monoisotopic (exact) mass is 229 g/mol. The third kappa shape index (κ3) is 2.34. The van der Waals surface area contributed by atoms with Crippen molar-refractivity contribution >= 4 is 17.3 Å². The summed E-state index contributed by atoms with van der Waals surface area (Å²) < 4.78 is 13.4. The first kappa shape index (κ1) is 10.5. The number of hydrogen-bond donors (Lipinski definition) is 1. The number of halogens is 1. The zero-order chi connectivity index (χ0) is 10.8. The minimum Gasteiger partial charge on any atom is -0.481 e. The fourth-order valence-corrected chi connectivity index (χ4v) is 2.86. The molecule has 0 amide bonds. The Hall–Kier alpha value is -0.970. The fraction of sp³-hybridized carbons (Fsp3) is 0.600. The number of nitrogens with zero attached hydrogens (tertiary/aromatic N) is 1. The number of carboxylic acid groups (broad SMARTS) is 1. The summed E-state index contributed by atoms with van der Waals surface area (Å²) in [5.74, 6) is -0.833. The van der Waals surface area contributed by atoms with E-state index in [2.05, 4.69) is 4.98 Å². The van der Waals surface area contributed by atoms with E-state index in [0.717, 1.165) is 28.4 Å². The van der Waals surface area contributed by atoms with Gasteiger partial charge in [-0.1, -0.05) is 0 Å². The normalized spacial score (nSPS) is 19.9. The van der Waals surface area contributed by atoms with Crippen LogP contribution in [0, 0.1) is 0 Å². The van der Waals surface area contributed by atoms with Crippen LogP contribution >= 0.6 is 11.3 Å². The predicted molar refractivity (Wildman–Crippen MR) is 54.9 cm³/mol. The number of aromatic nitrogens is 1. The van der Waals surface area contributed by atoms with Crippen molar-refractivity contribution in [3.8, 4) is 0 Å². The lowest BCUT2D eigenvalue weighted by atomic mass is 10.0. The van der Waals surface area contributed by atoms with Crippen LogP contribution in [0.25, 0.3) is 0 Å². The molecular formula is C10H12FNO2S. The molecule has 0 saturated carbocycles. The summed E-state index contributed by atoms with van der Waals surface area (Å²) in [6.07, 6.45) is 1.86. The molecule has 82 valence electrons. The lowest BCUT2D eigenvalue weighted by Gasteiger charge is -2.12. The van der Waals surface area contributed by atoms with Gasteiger partial charge in [0.05, 0.1) is 22.0 Å². The maximum absolute atomic E-state index is 13.4. The summed E-state index contributed by atoms with van der Waals surface area (Å²) in [6.45, 7) is 0. The maximum atomic E-state index is 13.4. The standard InChI is InChI=1S/C10H12FNO2S/c11-6-2-1-3-7-10(6)15-8(12-7)4-5-9(13)14/h6H,1-5H2,(H,13,14). The summed E-state index contributed by atoms with van der Waals surface area (Å²) in [7, 11) is 0. The van der Waals surface area contributed by atoms with Gasteiger partial charge in [0.2, 0.25) is 0 Å². The van der Waals surface area contributed by atoms with E-state index in [4.69, 9.17) is 5.11 Å². The van der Waals surface area contributed by atoms with E-state index in [0.29, 0.717) is 12.8 Å². The highest BCUT2D eigenvalue weighted by molar-refractivity contribution is 7.11. The van der Waals surface area contributed by atoms with Crippen molar-refractivity contribution in [2.45, 2.75) is 38.3 Å². The van der Waals surface area contributed by atoms with Crippen LogP contribution in [0.2, 0.25) is 0 Å². The smallest absolute Gasteiger partial charge is 0.303 e. The van der Waals surface area contributed by atoms with E-state index in [9.17, 15) is 9.18 Å². The molecule has 3 nitrogen and oxygen atoms in total. The van der Waals surface area contributed by atoms with Gasteiger partial charge in [-0.3, -0.25) is 4.79 Å². The number of hydrogen-bond acceptors (Lipinski definition) is 3. The van der Waals surface area contributed by atoms with Crippen molar-refractivity contribution in [1.82, 2.24) is 4.98 Å². The van der Waals surface area contributed by atoms with Crippen LogP contribution in [0.5, 0.6) is 0 Å². The molecule has 1 aromatic heterocycles. The van der Waals surface area contributed by atoms with Crippen molar-refractivity contribution in [1.29, 1.82) is 0 Å². The summed E-state index contributed by atoms with van der Waals surface area (Å²) in [6, 6.07) is 0. The zero-order valence-corrected chi connectivity index (χ0v) is 9.02. The summed E-state index contributed by atoms with van der Waals surface area (Å²) in [5.41, 5.74) is 0.846. The van der Waals surface area contributed by atoms with Gasteiger partial charge in [0.25, 0.3) is 0 Å². The number of carboxylic acids is 1. The van der Waals surface area contributed by atoms with Gasteiger partial charge in [-0.15, -0.1) is 11.3 Å². The van der Waals surface area contributed by atoms with Crippen molar-refractivity contribution in [3.05, 3.63) is 15.6 Å². The predicted octanol–water partition coefficient (Wildman–Crippen LogP) is 2.51. The van der Waals surface area contributed by atoms with Crippen LogP contribution in [0.15, 0.2) is 0 Å². The molecule has 0 aromatic carbocycles. The molecular weight excluding hydrogens is 217 g/mol. The highest BCUT2D eigenvalue weighted by atomic mass is 32.1. The molecule has 5 heteroatoms. The van der Waals surface area contributed by atoms with Crippen LogP contribution in [-0.4, -0.2) is 16.1 Å². The number of thiazole rings is 1. The second kappa shape index (κ2) is 4.26. The van der Waals surface area contributed by atoms with Gasteiger partial charge < -0.3 is 5.11 Å². The van der Waals surface area contributed by atoms with E-state index in [1.807, 2.05) is 0 Å². The second-order valence-electron chi connectivity index (χ2n) is 3.67. The van der Waals surface area contributed by atoms with Crippen LogP contribution in [-0.2, 0) is 17.6 Å². The van der Waals surface area contributed by atoms with Crippen molar-refractivity contribution in [3.63, 3.8) is 0 Å². The number of fused-ring (bicyclic) bond motifs is 1. The van der Waals surface area contributed by atoms with E-state index in [1.54, 1.807) is 0 Å². The van der Waals surface area contributed by atoms with Gasteiger partial charge in [-0.2, -0.15) is 0 Å². The molecule has 1 N–H and O–H groups in total. The third-order valence-corrected chi connectivity index (χ3v) is 3.72. The molecule has 2 rings (SSSR count). The topological polar surface area (TPSA) is 50.2 Å². The van der Waals surface area contributed by atoms with Gasteiger partial charge in [0.1, 0.15) is 6.17 Å². The van der Waals surface area contributed by atoms with E-state index < -0.39 is 12.1 Å². The Bertz CT molecular complexity index is 377. The van der Waals surface area contributed by atoms with E-state index in [1.165, 1.54) is 11.3 Å². The average molecular weight is 229 g/mol. The summed E-state index contributed by atoms with van der Waals surface area (Å²) in [4.78, 5) is 15.4. The molecule has 15 heavy (non-hydrogen) atoms. The first-order chi connectivity index (χ1) is 7.16. The molecule has 1 atom stereocenters. The number of alkyl halides is 1. The molecule has 0 radical (unpaired) electrons.